The van der Waals surface area contributed by atoms with E-state index in [9.17, 15) is 0 Å². The molecule has 0 saturated carbocycles. The lowest BCUT2D eigenvalue weighted by atomic mass is 10.0. The first kappa shape index (κ1) is 8.11. The van der Waals surface area contributed by atoms with Gasteiger partial charge in [-0.1, -0.05) is 6.08 Å². The van der Waals surface area contributed by atoms with Gasteiger partial charge < -0.3 is 4.90 Å². The molecule has 2 aliphatic heterocycles. The molecule has 0 spiro atoms. The first-order chi connectivity index (χ1) is 7.92. The lowest BCUT2D eigenvalue weighted by Crippen LogP contribution is -2.19. The van der Waals surface area contributed by atoms with Crippen molar-refractivity contribution in [3.63, 3.8) is 0 Å². The molecule has 2 aliphatic rings. The number of hydrogen-bond acceptors (Lipinski definition) is 2. The zero-order valence-corrected chi connectivity index (χ0v) is 8.72. The number of benzene rings is 1. The lowest BCUT2D eigenvalue weighted by Gasteiger charge is -2.25. The van der Waals surface area contributed by atoms with Gasteiger partial charge in [0.05, 0.1) is 0 Å². The van der Waals surface area contributed by atoms with Crippen LogP contribution in [0.3, 0.4) is 0 Å². The molecule has 0 radical (unpaired) electrons. The second-order valence-electron chi connectivity index (χ2n) is 4.21. The minimum absolute atomic E-state index is 0.988. The van der Waals surface area contributed by atoms with E-state index in [1.807, 2.05) is 12.4 Å². The predicted octanol–water partition coefficient (Wildman–Crippen LogP) is 2.97. The Balaban J connectivity index is 2.11. The molecule has 0 aliphatic carbocycles. The quantitative estimate of drug-likeness (QED) is 0.658. The van der Waals surface area contributed by atoms with Crippen molar-refractivity contribution >= 4 is 22.5 Å². The fraction of sp³-hybridized carbons (Fsp3) is 0.0714. The molecule has 0 N–H and O–H groups in total. The van der Waals surface area contributed by atoms with E-state index < -0.39 is 0 Å². The third-order valence-electron chi connectivity index (χ3n) is 3.28. The highest BCUT2D eigenvalue weighted by Crippen LogP contribution is 2.35. The SMILES string of the molecule is C1=CC2=Cc3cc(cc4ccncc34)N2C1. The van der Waals surface area contributed by atoms with E-state index >= 15 is 0 Å². The van der Waals surface area contributed by atoms with Crippen molar-refractivity contribution in [1.82, 2.24) is 4.98 Å². The van der Waals surface area contributed by atoms with Crippen LogP contribution in [-0.2, 0) is 0 Å². The molecule has 76 valence electrons. The second kappa shape index (κ2) is 2.73. The second-order valence-corrected chi connectivity index (χ2v) is 4.21. The van der Waals surface area contributed by atoms with E-state index in [0.29, 0.717) is 0 Å². The third-order valence-corrected chi connectivity index (χ3v) is 3.28. The molecular formula is C14H10N2. The maximum Gasteiger partial charge on any atom is 0.0426 e. The first-order valence-corrected chi connectivity index (χ1v) is 5.45. The van der Waals surface area contributed by atoms with Gasteiger partial charge in [-0.2, -0.15) is 0 Å². The largest absolute Gasteiger partial charge is 0.338 e. The van der Waals surface area contributed by atoms with Gasteiger partial charge in [0.2, 0.25) is 0 Å². The summed E-state index contributed by atoms with van der Waals surface area (Å²) in [5.74, 6) is 0. The van der Waals surface area contributed by atoms with Crippen LogP contribution >= 0.6 is 0 Å². The van der Waals surface area contributed by atoms with Gasteiger partial charge in [-0.15, -0.1) is 0 Å². The molecule has 2 heteroatoms. The highest BCUT2D eigenvalue weighted by atomic mass is 15.2. The average Bonchev–Trinajstić information content (AvgIpc) is 2.78. The molecule has 2 bridgehead atoms. The summed E-state index contributed by atoms with van der Waals surface area (Å²) in [7, 11) is 0. The van der Waals surface area contributed by atoms with Crippen LogP contribution in [0, 0.1) is 0 Å². The van der Waals surface area contributed by atoms with Gasteiger partial charge in [0.25, 0.3) is 0 Å². The van der Waals surface area contributed by atoms with E-state index in [1.54, 1.807) is 0 Å². The molecule has 0 fully saturated rings. The van der Waals surface area contributed by atoms with Crippen molar-refractivity contribution in [2.75, 3.05) is 11.4 Å². The van der Waals surface area contributed by atoms with Crippen LogP contribution in [0.4, 0.5) is 5.69 Å². The number of anilines is 1. The Morgan fingerprint density at radius 1 is 1.25 bits per heavy atom. The van der Waals surface area contributed by atoms with Gasteiger partial charge in [-0.25, -0.2) is 0 Å². The van der Waals surface area contributed by atoms with Crippen LogP contribution in [0.2, 0.25) is 0 Å². The molecule has 2 aromatic rings. The maximum absolute atomic E-state index is 4.20. The van der Waals surface area contributed by atoms with Crippen LogP contribution < -0.4 is 4.90 Å². The van der Waals surface area contributed by atoms with Gasteiger partial charge in [-0.3, -0.25) is 4.98 Å². The summed E-state index contributed by atoms with van der Waals surface area (Å²) in [6, 6.07) is 6.55. The van der Waals surface area contributed by atoms with Crippen molar-refractivity contribution in [2.24, 2.45) is 0 Å². The molecule has 2 nitrogen and oxygen atoms in total. The topological polar surface area (TPSA) is 16.1 Å². The van der Waals surface area contributed by atoms with Gasteiger partial charge in [0.15, 0.2) is 0 Å². The van der Waals surface area contributed by atoms with Gasteiger partial charge in [0, 0.05) is 35.7 Å². The van der Waals surface area contributed by atoms with Crippen LogP contribution in [-0.4, -0.2) is 11.5 Å². The summed E-state index contributed by atoms with van der Waals surface area (Å²) < 4.78 is 0. The zero-order chi connectivity index (χ0) is 10.5. The van der Waals surface area contributed by atoms with E-state index in [0.717, 1.165) is 6.54 Å². The van der Waals surface area contributed by atoms with E-state index in [1.165, 1.54) is 27.7 Å². The lowest BCUT2D eigenvalue weighted by molar-refractivity contribution is 1.09. The van der Waals surface area contributed by atoms with Crippen molar-refractivity contribution in [2.45, 2.75) is 0 Å². The average molecular weight is 206 g/mol. The Morgan fingerprint density at radius 2 is 2.25 bits per heavy atom. The number of nitrogens with zero attached hydrogens (tertiary/aromatic N) is 2. The molecule has 4 rings (SSSR count). The van der Waals surface area contributed by atoms with E-state index in [-0.39, 0.29) is 0 Å². The van der Waals surface area contributed by atoms with Crippen molar-refractivity contribution in [1.29, 1.82) is 0 Å². The molecule has 3 heterocycles. The number of hydrogen-bond donors (Lipinski definition) is 0. The minimum Gasteiger partial charge on any atom is -0.338 e. The predicted molar refractivity (Wildman–Crippen MR) is 66.2 cm³/mol. The summed E-state index contributed by atoms with van der Waals surface area (Å²) in [6.07, 6.45) is 10.4. The summed E-state index contributed by atoms with van der Waals surface area (Å²) in [5, 5.41) is 2.50. The first-order valence-electron chi connectivity index (χ1n) is 5.45. The molecular weight excluding hydrogens is 196 g/mol. The fourth-order valence-electron chi connectivity index (χ4n) is 2.50. The summed E-state index contributed by atoms with van der Waals surface area (Å²) in [6.45, 7) is 0.988. The Bertz CT molecular complexity index is 653. The molecule has 0 atom stereocenters. The normalized spacial score (nSPS) is 16.5. The van der Waals surface area contributed by atoms with Crippen molar-refractivity contribution in [3.05, 3.63) is 54.0 Å². The van der Waals surface area contributed by atoms with Crippen LogP contribution in [0.25, 0.3) is 16.8 Å². The number of fused-ring (bicyclic) bond motifs is 6. The maximum atomic E-state index is 4.20. The fourth-order valence-corrected chi connectivity index (χ4v) is 2.50. The Kier molecular flexibility index (Phi) is 1.38. The number of rotatable bonds is 0. The van der Waals surface area contributed by atoms with Crippen LogP contribution in [0.5, 0.6) is 0 Å². The van der Waals surface area contributed by atoms with E-state index in [4.69, 9.17) is 0 Å². The van der Waals surface area contributed by atoms with Gasteiger partial charge in [-0.05, 0) is 41.3 Å². The van der Waals surface area contributed by atoms with Crippen LogP contribution in [0.1, 0.15) is 5.56 Å². The number of allylic oxidation sites excluding steroid dienone is 1. The highest BCUT2D eigenvalue weighted by Gasteiger charge is 2.19. The van der Waals surface area contributed by atoms with E-state index in [2.05, 4.69) is 46.3 Å². The monoisotopic (exact) mass is 206 g/mol. The Morgan fingerprint density at radius 3 is 3.25 bits per heavy atom. The number of pyridine rings is 1. The molecule has 0 unspecified atom stereocenters. The summed E-state index contributed by atoms with van der Waals surface area (Å²) in [5.41, 5.74) is 3.85. The molecule has 16 heavy (non-hydrogen) atoms. The molecule has 1 aromatic carbocycles. The number of aromatic nitrogens is 1. The summed E-state index contributed by atoms with van der Waals surface area (Å²) in [4.78, 5) is 6.53. The van der Waals surface area contributed by atoms with Gasteiger partial charge >= 0.3 is 0 Å². The molecule has 0 saturated heterocycles. The highest BCUT2D eigenvalue weighted by molar-refractivity contribution is 5.96. The van der Waals surface area contributed by atoms with Crippen molar-refractivity contribution < 1.29 is 0 Å². The third kappa shape index (κ3) is 0.936. The van der Waals surface area contributed by atoms with Crippen molar-refractivity contribution in [3.8, 4) is 0 Å². The minimum atomic E-state index is 0.988. The standard InChI is InChI=1S/C14H10N2/c1-2-12-7-11-8-13(16(12)5-1)6-10-3-4-15-9-14(10)11/h1-4,6-9H,5H2. The zero-order valence-electron chi connectivity index (χ0n) is 8.72. The summed E-state index contributed by atoms with van der Waals surface area (Å²) >= 11 is 0. The molecule has 1 aromatic heterocycles. The molecule has 0 amide bonds. The van der Waals surface area contributed by atoms with Gasteiger partial charge in [0.1, 0.15) is 0 Å². The van der Waals surface area contributed by atoms with Crippen LogP contribution in [0.15, 0.2) is 48.4 Å². The smallest absolute Gasteiger partial charge is 0.0426 e. The Labute approximate surface area is 93.5 Å². The Hall–Kier alpha value is -2.09.